The van der Waals surface area contributed by atoms with Gasteiger partial charge in [-0.1, -0.05) is 26.0 Å². The van der Waals surface area contributed by atoms with Gasteiger partial charge in [0.2, 0.25) is 5.91 Å². The lowest BCUT2D eigenvalue weighted by Gasteiger charge is -2.09. The largest absolute Gasteiger partial charge is 0.491 e. The lowest BCUT2D eigenvalue weighted by molar-refractivity contribution is -0.122. The van der Waals surface area contributed by atoms with Gasteiger partial charge in [-0.25, -0.2) is 0 Å². The van der Waals surface area contributed by atoms with Crippen LogP contribution in [0.3, 0.4) is 0 Å². The molecule has 1 N–H and O–H groups in total. The molecular weight excluding hydrogens is 412 g/mol. The van der Waals surface area contributed by atoms with Crippen LogP contribution in [0.15, 0.2) is 24.3 Å². The van der Waals surface area contributed by atoms with Crippen LogP contribution >= 0.6 is 0 Å². The summed E-state index contributed by atoms with van der Waals surface area (Å²) in [6.07, 6.45) is 0.378. The van der Waals surface area contributed by atoms with Gasteiger partial charge in [0.15, 0.2) is 0 Å². The zero-order valence-electron chi connectivity index (χ0n) is 20.0. The molecule has 0 spiro atoms. The number of nitrogens with one attached hydrogen (secondary N) is 1. The van der Waals surface area contributed by atoms with E-state index in [-0.39, 0.29) is 7.33 Å². The molecule has 1 heterocycles. The molecule has 184 valence electrons. The second-order valence-corrected chi connectivity index (χ2v) is 8.39. The highest BCUT2D eigenvalue weighted by molar-refractivity contribution is 5.75. The van der Waals surface area contributed by atoms with E-state index in [0.717, 1.165) is 11.3 Å². The molecule has 8 heteroatoms. The number of hydrogen-bond donors (Lipinski definition) is 1. The number of amides is 1. The van der Waals surface area contributed by atoms with Crippen molar-refractivity contribution in [1.29, 1.82) is 0 Å². The van der Waals surface area contributed by atoms with E-state index < -0.39 is 0 Å². The minimum atomic E-state index is 0. The first-order valence-electron chi connectivity index (χ1n) is 11.6. The zero-order chi connectivity index (χ0) is 23.2. The molecule has 0 aliphatic carbocycles. The van der Waals surface area contributed by atoms with Crippen molar-refractivity contribution in [1.82, 2.24) is 10.4 Å². The van der Waals surface area contributed by atoms with E-state index in [9.17, 15) is 4.79 Å². The zero-order valence-corrected chi connectivity index (χ0v) is 20.0. The average Bonchev–Trinajstić information content (AvgIpc) is 3.36. The molecule has 0 aromatic heterocycles. The molecule has 1 aromatic carbocycles. The third-order valence-corrected chi connectivity index (χ3v) is 5.14. The van der Waals surface area contributed by atoms with Crippen LogP contribution in [0.5, 0.6) is 5.75 Å². The molecular formula is C24H42N2O6. The summed E-state index contributed by atoms with van der Waals surface area (Å²) < 4.78 is 22.0. The van der Waals surface area contributed by atoms with Gasteiger partial charge in [0, 0.05) is 14.4 Å². The van der Waals surface area contributed by atoms with Crippen molar-refractivity contribution >= 4 is 5.91 Å². The summed E-state index contributed by atoms with van der Waals surface area (Å²) in [5.74, 6) is 1.30. The number of ether oxygens (including phenoxy) is 4. The summed E-state index contributed by atoms with van der Waals surface area (Å²) in [7, 11) is 0. The summed E-state index contributed by atoms with van der Waals surface area (Å²) in [6, 6.07) is 8.95. The van der Waals surface area contributed by atoms with Crippen LogP contribution in [-0.2, 0) is 30.4 Å². The molecule has 0 radical (unpaired) electrons. The van der Waals surface area contributed by atoms with Crippen molar-refractivity contribution in [3.63, 3.8) is 0 Å². The van der Waals surface area contributed by atoms with E-state index in [1.54, 1.807) is 0 Å². The number of carbonyl (C=O) groups is 1. The van der Waals surface area contributed by atoms with Crippen LogP contribution in [0, 0.1) is 5.92 Å². The highest BCUT2D eigenvalue weighted by Crippen LogP contribution is 2.28. The van der Waals surface area contributed by atoms with Crippen molar-refractivity contribution in [2.75, 3.05) is 52.8 Å². The number of benzene rings is 1. The molecule has 8 nitrogen and oxygen atoms in total. The fraction of sp³-hybridized carbons (Fsp3) is 0.708. The number of hydroxylamine groups is 2. The van der Waals surface area contributed by atoms with Gasteiger partial charge in [-0.05, 0) is 37.5 Å². The molecule has 1 amide bonds. The SMILES string of the molecule is CC(C)CNC(=O)CCOCCOCCOCCOc1ccc(CON2C(C)C2C)cc1.[HH]. The first-order valence-corrected chi connectivity index (χ1v) is 11.6. The van der Waals surface area contributed by atoms with Gasteiger partial charge < -0.3 is 24.3 Å². The average molecular weight is 455 g/mol. The van der Waals surface area contributed by atoms with Gasteiger partial charge in [0.05, 0.1) is 58.3 Å². The lowest BCUT2D eigenvalue weighted by Crippen LogP contribution is -2.28. The van der Waals surface area contributed by atoms with Crippen LogP contribution in [0.4, 0.5) is 0 Å². The lowest BCUT2D eigenvalue weighted by atomic mass is 10.2. The standard InChI is InChI=1S/C24H40N2O6.H2/c1-19(2)17-25-24(27)9-10-28-11-12-29-13-14-30-15-16-31-23-7-5-22(6-8-23)18-32-26-20(3)21(26)4;/h5-8,19-21H,9-18H2,1-4H3,(H,25,27);1H. The number of rotatable bonds is 18. The molecule has 1 aliphatic heterocycles. The molecule has 1 aliphatic rings. The number of hydrogen-bond acceptors (Lipinski definition) is 7. The summed E-state index contributed by atoms with van der Waals surface area (Å²) in [4.78, 5) is 17.3. The molecule has 1 fully saturated rings. The Bertz CT molecular complexity index is 638. The smallest absolute Gasteiger partial charge is 0.222 e. The van der Waals surface area contributed by atoms with Crippen LogP contribution in [-0.4, -0.2) is 75.8 Å². The van der Waals surface area contributed by atoms with Crippen molar-refractivity contribution in [2.45, 2.75) is 52.8 Å². The third kappa shape index (κ3) is 11.2. The predicted molar refractivity (Wildman–Crippen MR) is 125 cm³/mol. The first kappa shape index (κ1) is 26.5. The van der Waals surface area contributed by atoms with E-state index in [4.69, 9.17) is 23.8 Å². The molecule has 2 rings (SSSR count). The highest BCUT2D eigenvalue weighted by Gasteiger charge is 2.41. The van der Waals surface area contributed by atoms with Crippen molar-refractivity contribution in [3.8, 4) is 5.75 Å². The Morgan fingerprint density at radius 3 is 2.06 bits per heavy atom. The third-order valence-electron chi connectivity index (χ3n) is 5.14. The molecule has 2 unspecified atom stereocenters. The predicted octanol–water partition coefficient (Wildman–Crippen LogP) is 3.05. The Hall–Kier alpha value is -1.71. The highest BCUT2D eigenvalue weighted by atomic mass is 16.7. The Morgan fingerprint density at radius 2 is 1.50 bits per heavy atom. The van der Waals surface area contributed by atoms with Gasteiger partial charge in [0.1, 0.15) is 12.4 Å². The topological polar surface area (TPSA) is 78.3 Å². The van der Waals surface area contributed by atoms with Gasteiger partial charge >= 0.3 is 0 Å². The number of carbonyl (C=O) groups excluding carboxylic acids is 1. The van der Waals surface area contributed by atoms with Crippen LogP contribution in [0.25, 0.3) is 0 Å². The Kier molecular flexibility index (Phi) is 12.6. The Balaban J connectivity index is 0.00000544. The maximum atomic E-state index is 11.5. The van der Waals surface area contributed by atoms with Gasteiger partial charge in [-0.2, -0.15) is 5.06 Å². The van der Waals surface area contributed by atoms with E-state index >= 15 is 0 Å². The van der Waals surface area contributed by atoms with Gasteiger partial charge in [0.25, 0.3) is 0 Å². The second-order valence-electron chi connectivity index (χ2n) is 8.39. The summed E-state index contributed by atoms with van der Waals surface area (Å²) in [6.45, 7) is 13.1. The molecule has 0 bridgehead atoms. The molecule has 1 saturated heterocycles. The minimum absolute atomic E-state index is 0. The van der Waals surface area contributed by atoms with E-state index in [2.05, 4.69) is 33.0 Å². The monoisotopic (exact) mass is 454 g/mol. The maximum absolute atomic E-state index is 11.5. The summed E-state index contributed by atoms with van der Waals surface area (Å²) in [5.41, 5.74) is 1.12. The van der Waals surface area contributed by atoms with E-state index in [1.807, 2.05) is 29.3 Å². The van der Waals surface area contributed by atoms with Crippen LogP contribution in [0.2, 0.25) is 0 Å². The number of nitrogens with zero attached hydrogens (tertiary/aromatic N) is 1. The molecule has 2 atom stereocenters. The molecule has 1 aromatic rings. The quantitative estimate of drug-likeness (QED) is 0.270. The molecule has 0 saturated carbocycles. The summed E-state index contributed by atoms with van der Waals surface area (Å²) >= 11 is 0. The van der Waals surface area contributed by atoms with Gasteiger partial charge in [-0.15, -0.1) is 0 Å². The fourth-order valence-electron chi connectivity index (χ4n) is 2.87. The first-order chi connectivity index (χ1) is 15.5. The Morgan fingerprint density at radius 1 is 0.938 bits per heavy atom. The van der Waals surface area contributed by atoms with Gasteiger partial charge in [-0.3, -0.25) is 9.63 Å². The van der Waals surface area contributed by atoms with E-state index in [0.29, 0.717) is 83.8 Å². The maximum Gasteiger partial charge on any atom is 0.222 e. The van der Waals surface area contributed by atoms with Crippen molar-refractivity contribution in [3.05, 3.63) is 29.8 Å². The Labute approximate surface area is 193 Å². The fourth-order valence-corrected chi connectivity index (χ4v) is 2.87. The summed E-state index contributed by atoms with van der Waals surface area (Å²) in [5, 5.41) is 4.87. The second kappa shape index (κ2) is 15.2. The van der Waals surface area contributed by atoms with Crippen LogP contribution < -0.4 is 10.1 Å². The normalized spacial score (nSPS) is 19.8. The van der Waals surface area contributed by atoms with E-state index in [1.165, 1.54) is 0 Å². The minimum Gasteiger partial charge on any atom is -0.491 e. The van der Waals surface area contributed by atoms with Crippen molar-refractivity contribution in [2.24, 2.45) is 5.92 Å². The van der Waals surface area contributed by atoms with Crippen LogP contribution in [0.1, 0.15) is 41.1 Å². The molecule has 32 heavy (non-hydrogen) atoms. The van der Waals surface area contributed by atoms with Crippen molar-refractivity contribution < 1.29 is 30.0 Å².